The average molecular weight is 223 g/mol. The maximum absolute atomic E-state index is 12.9. The summed E-state index contributed by atoms with van der Waals surface area (Å²) in [5, 5.41) is 11.9. The maximum Gasteiger partial charge on any atom is 0.229 e. The maximum atomic E-state index is 12.9. The van der Waals surface area contributed by atoms with E-state index in [1.54, 1.807) is 31.2 Å². The molecule has 86 valence electrons. The van der Waals surface area contributed by atoms with Crippen molar-refractivity contribution in [1.29, 1.82) is 0 Å². The summed E-state index contributed by atoms with van der Waals surface area (Å²) in [6, 6.07) is 6.63. The van der Waals surface area contributed by atoms with Crippen LogP contribution in [0, 0.1) is 5.41 Å². The van der Waals surface area contributed by atoms with Gasteiger partial charge in [-0.3, -0.25) is 4.79 Å². The summed E-state index contributed by atoms with van der Waals surface area (Å²) in [7, 11) is 0. The Labute approximate surface area is 93.3 Å². The first-order chi connectivity index (χ1) is 7.52. The Kier molecular flexibility index (Phi) is 2.58. The van der Waals surface area contributed by atoms with Crippen molar-refractivity contribution in [3.8, 4) is 5.75 Å². The SMILES string of the molecule is C[C@@]1(C(=O)NCc2cccc(O)c2)C[C@@H]1F. The Hall–Kier alpha value is -1.58. The van der Waals surface area contributed by atoms with Crippen molar-refractivity contribution in [3.63, 3.8) is 0 Å². The highest BCUT2D eigenvalue weighted by atomic mass is 19.1. The van der Waals surface area contributed by atoms with Crippen LogP contribution in [0.25, 0.3) is 0 Å². The number of benzene rings is 1. The molecule has 0 unspecified atom stereocenters. The van der Waals surface area contributed by atoms with E-state index in [2.05, 4.69) is 5.32 Å². The minimum absolute atomic E-state index is 0.160. The van der Waals surface area contributed by atoms with Crippen LogP contribution in [0.5, 0.6) is 5.75 Å². The summed E-state index contributed by atoms with van der Waals surface area (Å²) < 4.78 is 12.9. The van der Waals surface area contributed by atoms with Gasteiger partial charge in [-0.05, 0) is 31.0 Å². The molecule has 1 aliphatic carbocycles. The number of hydrogen-bond donors (Lipinski definition) is 2. The van der Waals surface area contributed by atoms with Gasteiger partial charge in [0.15, 0.2) is 0 Å². The highest BCUT2D eigenvalue weighted by molar-refractivity contribution is 5.86. The number of rotatable bonds is 3. The van der Waals surface area contributed by atoms with E-state index in [1.165, 1.54) is 0 Å². The summed E-state index contributed by atoms with van der Waals surface area (Å²) in [6.45, 7) is 1.94. The van der Waals surface area contributed by atoms with E-state index in [1.807, 2.05) is 0 Å². The number of alkyl halides is 1. The lowest BCUT2D eigenvalue weighted by molar-refractivity contribution is -0.126. The van der Waals surface area contributed by atoms with Crippen LogP contribution in [-0.4, -0.2) is 17.2 Å². The molecule has 1 aromatic rings. The van der Waals surface area contributed by atoms with Crippen LogP contribution >= 0.6 is 0 Å². The van der Waals surface area contributed by atoms with Gasteiger partial charge in [-0.1, -0.05) is 12.1 Å². The van der Waals surface area contributed by atoms with Crippen LogP contribution in [0.4, 0.5) is 4.39 Å². The lowest BCUT2D eigenvalue weighted by atomic mass is 10.1. The third kappa shape index (κ3) is 2.01. The standard InChI is InChI=1S/C12H14FNO2/c1-12(6-10(12)13)11(16)14-7-8-3-2-4-9(15)5-8/h2-5,10,15H,6-7H2,1H3,(H,14,16)/t10-,12+/m0/s1. The number of aromatic hydroxyl groups is 1. The van der Waals surface area contributed by atoms with Crippen molar-refractivity contribution in [3.05, 3.63) is 29.8 Å². The van der Waals surface area contributed by atoms with Gasteiger partial charge < -0.3 is 10.4 Å². The number of carbonyl (C=O) groups excluding carboxylic acids is 1. The molecule has 0 saturated heterocycles. The molecule has 0 bridgehead atoms. The van der Waals surface area contributed by atoms with Crippen molar-refractivity contribution in [1.82, 2.24) is 5.32 Å². The Morgan fingerprint density at radius 3 is 2.94 bits per heavy atom. The fourth-order valence-electron chi connectivity index (χ4n) is 1.60. The van der Waals surface area contributed by atoms with Crippen LogP contribution in [0.15, 0.2) is 24.3 Å². The Morgan fingerprint density at radius 1 is 1.69 bits per heavy atom. The van der Waals surface area contributed by atoms with E-state index < -0.39 is 11.6 Å². The fourth-order valence-corrected chi connectivity index (χ4v) is 1.60. The van der Waals surface area contributed by atoms with Gasteiger partial charge in [-0.2, -0.15) is 0 Å². The zero-order chi connectivity index (χ0) is 11.8. The summed E-state index contributed by atoms with van der Waals surface area (Å²) in [6.07, 6.45) is -0.713. The van der Waals surface area contributed by atoms with Gasteiger partial charge in [0.05, 0.1) is 5.41 Å². The first-order valence-electron chi connectivity index (χ1n) is 5.22. The first-order valence-corrected chi connectivity index (χ1v) is 5.22. The molecule has 0 heterocycles. The van der Waals surface area contributed by atoms with Gasteiger partial charge in [-0.25, -0.2) is 4.39 Å². The second kappa shape index (κ2) is 3.77. The number of phenolic OH excluding ortho intramolecular Hbond substituents is 1. The molecule has 1 aromatic carbocycles. The molecule has 0 spiro atoms. The molecule has 0 radical (unpaired) electrons. The van der Waals surface area contributed by atoms with E-state index in [4.69, 9.17) is 0 Å². The largest absolute Gasteiger partial charge is 0.508 e. The molecule has 2 rings (SSSR count). The molecular weight excluding hydrogens is 209 g/mol. The van der Waals surface area contributed by atoms with Crippen LogP contribution in [-0.2, 0) is 11.3 Å². The predicted molar refractivity (Wildman–Crippen MR) is 57.6 cm³/mol. The molecule has 3 nitrogen and oxygen atoms in total. The number of carbonyl (C=O) groups is 1. The zero-order valence-electron chi connectivity index (χ0n) is 9.03. The second-order valence-electron chi connectivity index (χ2n) is 4.44. The van der Waals surface area contributed by atoms with Crippen molar-refractivity contribution in [2.45, 2.75) is 26.1 Å². The van der Waals surface area contributed by atoms with Gasteiger partial charge in [0.2, 0.25) is 5.91 Å². The van der Waals surface area contributed by atoms with Crippen LogP contribution < -0.4 is 5.32 Å². The minimum atomic E-state index is -1.02. The van der Waals surface area contributed by atoms with E-state index >= 15 is 0 Å². The van der Waals surface area contributed by atoms with Crippen LogP contribution in [0.2, 0.25) is 0 Å². The minimum Gasteiger partial charge on any atom is -0.508 e. The summed E-state index contributed by atoms with van der Waals surface area (Å²) in [4.78, 5) is 11.6. The van der Waals surface area contributed by atoms with Gasteiger partial charge in [-0.15, -0.1) is 0 Å². The van der Waals surface area contributed by atoms with Crippen molar-refractivity contribution in [2.24, 2.45) is 5.41 Å². The second-order valence-corrected chi connectivity index (χ2v) is 4.44. The topological polar surface area (TPSA) is 49.3 Å². The molecule has 1 saturated carbocycles. The molecule has 16 heavy (non-hydrogen) atoms. The van der Waals surface area contributed by atoms with Gasteiger partial charge in [0, 0.05) is 6.54 Å². The van der Waals surface area contributed by atoms with Crippen molar-refractivity contribution >= 4 is 5.91 Å². The summed E-state index contributed by atoms with van der Waals surface area (Å²) >= 11 is 0. The van der Waals surface area contributed by atoms with Crippen molar-refractivity contribution in [2.75, 3.05) is 0 Å². The first kappa shape index (κ1) is 10.9. The van der Waals surface area contributed by atoms with Crippen LogP contribution in [0.3, 0.4) is 0 Å². The molecule has 1 aliphatic rings. The Balaban J connectivity index is 1.91. The predicted octanol–water partition coefficient (Wildman–Crippen LogP) is 1.76. The molecular formula is C12H14FNO2. The molecule has 0 aromatic heterocycles. The number of amides is 1. The van der Waals surface area contributed by atoms with Crippen LogP contribution in [0.1, 0.15) is 18.9 Å². The third-order valence-corrected chi connectivity index (χ3v) is 3.02. The van der Waals surface area contributed by atoms with Gasteiger partial charge in [0.1, 0.15) is 11.9 Å². The highest BCUT2D eigenvalue weighted by Gasteiger charge is 2.57. The smallest absolute Gasteiger partial charge is 0.229 e. The Morgan fingerprint density at radius 2 is 2.38 bits per heavy atom. The van der Waals surface area contributed by atoms with E-state index in [9.17, 15) is 14.3 Å². The molecule has 0 aliphatic heterocycles. The monoisotopic (exact) mass is 223 g/mol. The number of nitrogens with one attached hydrogen (secondary N) is 1. The lowest BCUT2D eigenvalue weighted by Crippen LogP contribution is -2.31. The lowest BCUT2D eigenvalue weighted by Gasteiger charge is -2.10. The normalized spacial score (nSPS) is 27.5. The van der Waals surface area contributed by atoms with Gasteiger partial charge in [0.25, 0.3) is 0 Å². The molecule has 4 heteroatoms. The van der Waals surface area contributed by atoms with Crippen molar-refractivity contribution < 1.29 is 14.3 Å². The van der Waals surface area contributed by atoms with E-state index in [0.717, 1.165) is 5.56 Å². The fraction of sp³-hybridized carbons (Fsp3) is 0.417. The molecule has 1 amide bonds. The quantitative estimate of drug-likeness (QED) is 0.820. The number of halogens is 1. The number of hydrogen-bond acceptors (Lipinski definition) is 2. The average Bonchev–Trinajstić information content (AvgIpc) is 2.85. The zero-order valence-corrected chi connectivity index (χ0v) is 9.03. The Bertz CT molecular complexity index is 421. The summed E-state index contributed by atoms with van der Waals surface area (Å²) in [5.74, 6) is -0.101. The molecule has 2 N–H and O–H groups in total. The summed E-state index contributed by atoms with van der Waals surface area (Å²) in [5.41, 5.74) is -0.0374. The van der Waals surface area contributed by atoms with E-state index in [0.29, 0.717) is 13.0 Å². The molecule has 2 atom stereocenters. The van der Waals surface area contributed by atoms with E-state index in [-0.39, 0.29) is 11.7 Å². The van der Waals surface area contributed by atoms with Gasteiger partial charge >= 0.3 is 0 Å². The number of phenols is 1. The highest BCUT2D eigenvalue weighted by Crippen LogP contribution is 2.48. The third-order valence-electron chi connectivity index (χ3n) is 3.02. The molecule has 1 fully saturated rings.